The number of aromatic nitrogens is 4. The van der Waals surface area contributed by atoms with E-state index in [0.717, 1.165) is 16.3 Å². The van der Waals surface area contributed by atoms with Gasteiger partial charge in [-0.2, -0.15) is 4.98 Å². The lowest BCUT2D eigenvalue weighted by atomic mass is 10.2. The first-order chi connectivity index (χ1) is 15.5. The highest BCUT2D eigenvalue weighted by atomic mass is 32.1. The number of hydrogen-bond acceptors (Lipinski definition) is 9. The minimum Gasteiger partial charge on any atom is -0.497 e. The summed E-state index contributed by atoms with van der Waals surface area (Å²) in [5.41, 5.74) is 1.38. The number of carbonyl (C=O) groups excluding carboxylic acids is 1. The van der Waals surface area contributed by atoms with Gasteiger partial charge in [0.15, 0.2) is 6.61 Å². The van der Waals surface area contributed by atoms with Crippen molar-refractivity contribution in [2.75, 3.05) is 19.0 Å². The third-order valence-electron chi connectivity index (χ3n) is 4.43. The van der Waals surface area contributed by atoms with E-state index in [1.165, 1.54) is 11.3 Å². The number of amides is 1. The zero-order valence-corrected chi connectivity index (χ0v) is 18.5. The fourth-order valence-corrected chi connectivity index (χ4v) is 3.54. The summed E-state index contributed by atoms with van der Waals surface area (Å²) in [6.45, 7) is 3.83. The molecule has 0 spiro atoms. The molecule has 2 aromatic heterocycles. The van der Waals surface area contributed by atoms with Crippen molar-refractivity contribution in [3.63, 3.8) is 0 Å². The highest BCUT2D eigenvalue weighted by Gasteiger charge is 2.16. The quantitative estimate of drug-likeness (QED) is 0.419. The zero-order valence-electron chi connectivity index (χ0n) is 17.7. The molecule has 10 heteroatoms. The molecule has 0 bridgehead atoms. The van der Waals surface area contributed by atoms with Crippen LogP contribution in [0.3, 0.4) is 0 Å². The first kappa shape index (κ1) is 21.4. The maximum Gasteiger partial charge on any atom is 0.264 e. The molecular weight excluding hydrogens is 430 g/mol. The first-order valence-corrected chi connectivity index (χ1v) is 10.7. The molecule has 0 atom stereocenters. The maximum atomic E-state index is 12.3. The van der Waals surface area contributed by atoms with Gasteiger partial charge in [-0.15, -0.1) is 10.2 Å². The molecule has 4 aromatic rings. The third-order valence-corrected chi connectivity index (χ3v) is 5.57. The Morgan fingerprint density at radius 2 is 1.91 bits per heavy atom. The van der Waals surface area contributed by atoms with E-state index in [9.17, 15) is 4.79 Å². The average molecular weight is 452 g/mol. The molecule has 0 radical (unpaired) electrons. The molecule has 0 aliphatic carbocycles. The lowest BCUT2D eigenvalue weighted by Crippen LogP contribution is -2.20. The molecule has 0 saturated carbocycles. The molecule has 0 aliphatic rings. The Labute approximate surface area is 188 Å². The first-order valence-electron chi connectivity index (χ1n) is 9.87. The van der Waals surface area contributed by atoms with Crippen LogP contribution >= 0.6 is 11.3 Å². The second-order valence-electron chi connectivity index (χ2n) is 7.08. The van der Waals surface area contributed by atoms with Crippen LogP contribution in [0.15, 0.2) is 53.1 Å². The molecule has 1 amide bonds. The second kappa shape index (κ2) is 9.56. The van der Waals surface area contributed by atoms with Gasteiger partial charge in [0.1, 0.15) is 16.5 Å². The molecule has 32 heavy (non-hydrogen) atoms. The van der Waals surface area contributed by atoms with E-state index in [2.05, 4.69) is 25.7 Å². The van der Waals surface area contributed by atoms with Gasteiger partial charge in [-0.3, -0.25) is 10.1 Å². The van der Waals surface area contributed by atoms with Crippen LogP contribution in [0.5, 0.6) is 11.5 Å². The molecular formula is C22H21N5O4S. The van der Waals surface area contributed by atoms with E-state index < -0.39 is 0 Å². The van der Waals surface area contributed by atoms with Gasteiger partial charge in [0.25, 0.3) is 11.8 Å². The largest absolute Gasteiger partial charge is 0.497 e. The van der Waals surface area contributed by atoms with Crippen LogP contribution in [0.25, 0.3) is 22.8 Å². The minimum atomic E-state index is -0.337. The highest BCUT2D eigenvalue weighted by Crippen LogP contribution is 2.30. The standard InChI is InChI=1S/C22H21N5O4S/c1-13(2)21-25-26-22(32-21)23-18(28)12-30-17-7-5-4-6-16(17)20-24-19(27-31-20)14-8-10-15(29-3)11-9-14/h4-11,13H,12H2,1-3H3,(H,23,26,28). The molecule has 4 rings (SSSR count). The van der Waals surface area contributed by atoms with Crippen molar-refractivity contribution >= 4 is 22.4 Å². The van der Waals surface area contributed by atoms with Gasteiger partial charge in [0, 0.05) is 11.5 Å². The molecule has 0 fully saturated rings. The van der Waals surface area contributed by atoms with Gasteiger partial charge < -0.3 is 14.0 Å². The lowest BCUT2D eigenvalue weighted by Gasteiger charge is -2.08. The number of ether oxygens (including phenoxy) is 2. The summed E-state index contributed by atoms with van der Waals surface area (Å²) in [7, 11) is 1.61. The average Bonchev–Trinajstić information content (AvgIpc) is 3.48. The monoisotopic (exact) mass is 451 g/mol. The molecule has 2 aromatic carbocycles. The van der Waals surface area contributed by atoms with Crippen molar-refractivity contribution in [3.8, 4) is 34.3 Å². The molecule has 9 nitrogen and oxygen atoms in total. The van der Waals surface area contributed by atoms with E-state index in [1.807, 2.05) is 44.2 Å². The Kier molecular flexibility index (Phi) is 6.41. The van der Waals surface area contributed by atoms with Gasteiger partial charge in [0.05, 0.1) is 12.7 Å². The topological polar surface area (TPSA) is 112 Å². The van der Waals surface area contributed by atoms with Crippen molar-refractivity contribution in [2.24, 2.45) is 0 Å². The Balaban J connectivity index is 1.44. The van der Waals surface area contributed by atoms with Gasteiger partial charge in [-0.05, 0) is 36.4 Å². The predicted molar refractivity (Wildman–Crippen MR) is 120 cm³/mol. The van der Waals surface area contributed by atoms with Crippen molar-refractivity contribution in [2.45, 2.75) is 19.8 Å². The van der Waals surface area contributed by atoms with Crippen LogP contribution < -0.4 is 14.8 Å². The van der Waals surface area contributed by atoms with Gasteiger partial charge in [-0.25, -0.2) is 0 Å². The third kappa shape index (κ3) is 4.92. The number of hydrogen-bond donors (Lipinski definition) is 1. The van der Waals surface area contributed by atoms with E-state index >= 15 is 0 Å². The van der Waals surface area contributed by atoms with Crippen LogP contribution in [-0.4, -0.2) is 40.0 Å². The van der Waals surface area contributed by atoms with Crippen LogP contribution in [0, 0.1) is 0 Å². The lowest BCUT2D eigenvalue weighted by molar-refractivity contribution is -0.118. The highest BCUT2D eigenvalue weighted by molar-refractivity contribution is 7.15. The Hall–Kier alpha value is -3.79. The minimum absolute atomic E-state index is 0.201. The predicted octanol–water partition coefficient (Wildman–Crippen LogP) is 4.40. The van der Waals surface area contributed by atoms with E-state index in [-0.39, 0.29) is 24.3 Å². The zero-order chi connectivity index (χ0) is 22.5. The smallest absolute Gasteiger partial charge is 0.264 e. The van der Waals surface area contributed by atoms with Crippen LogP contribution in [0.4, 0.5) is 5.13 Å². The van der Waals surface area contributed by atoms with Crippen LogP contribution in [-0.2, 0) is 4.79 Å². The molecule has 2 heterocycles. The number of rotatable bonds is 8. The molecule has 0 aliphatic heterocycles. The Morgan fingerprint density at radius 3 is 2.62 bits per heavy atom. The summed E-state index contributed by atoms with van der Waals surface area (Å²) in [6.07, 6.45) is 0. The number of nitrogens with one attached hydrogen (secondary N) is 1. The van der Waals surface area contributed by atoms with E-state index in [4.69, 9.17) is 14.0 Å². The van der Waals surface area contributed by atoms with Gasteiger partial charge in [0.2, 0.25) is 11.0 Å². The summed E-state index contributed by atoms with van der Waals surface area (Å²) < 4.78 is 16.3. The number of benzene rings is 2. The van der Waals surface area contributed by atoms with Gasteiger partial charge in [-0.1, -0.05) is 42.5 Å². The number of carbonyl (C=O) groups is 1. The molecule has 1 N–H and O–H groups in total. The Bertz CT molecular complexity index is 1200. The molecule has 164 valence electrons. The molecule has 0 unspecified atom stereocenters. The van der Waals surface area contributed by atoms with Crippen molar-refractivity contribution < 1.29 is 18.8 Å². The summed E-state index contributed by atoms with van der Waals surface area (Å²) in [4.78, 5) is 16.8. The van der Waals surface area contributed by atoms with Crippen LogP contribution in [0.2, 0.25) is 0 Å². The summed E-state index contributed by atoms with van der Waals surface area (Å²) in [5.74, 6) is 1.83. The van der Waals surface area contributed by atoms with E-state index in [0.29, 0.717) is 22.3 Å². The van der Waals surface area contributed by atoms with Crippen molar-refractivity contribution in [1.82, 2.24) is 20.3 Å². The summed E-state index contributed by atoms with van der Waals surface area (Å²) >= 11 is 1.34. The maximum absolute atomic E-state index is 12.3. The number of nitrogens with zero attached hydrogens (tertiary/aromatic N) is 4. The van der Waals surface area contributed by atoms with Crippen molar-refractivity contribution in [1.29, 1.82) is 0 Å². The number of anilines is 1. The number of methoxy groups -OCH3 is 1. The summed E-state index contributed by atoms with van der Waals surface area (Å²) in [6, 6.07) is 14.5. The second-order valence-corrected chi connectivity index (χ2v) is 8.09. The fourth-order valence-electron chi connectivity index (χ4n) is 2.78. The normalized spacial score (nSPS) is 10.9. The van der Waals surface area contributed by atoms with Gasteiger partial charge >= 0.3 is 0 Å². The SMILES string of the molecule is COc1ccc(-c2noc(-c3ccccc3OCC(=O)Nc3nnc(C(C)C)s3)n2)cc1. The fraction of sp³-hybridized carbons (Fsp3) is 0.227. The van der Waals surface area contributed by atoms with Crippen LogP contribution in [0.1, 0.15) is 24.8 Å². The van der Waals surface area contributed by atoms with E-state index in [1.54, 1.807) is 25.3 Å². The van der Waals surface area contributed by atoms with Crippen molar-refractivity contribution in [3.05, 3.63) is 53.5 Å². The summed E-state index contributed by atoms with van der Waals surface area (Å²) in [5, 5.41) is 16.1. The number of para-hydroxylation sites is 1. The Morgan fingerprint density at radius 1 is 1.12 bits per heavy atom. The molecule has 0 saturated heterocycles.